The number of nitrogens with zero attached hydrogens (tertiary/aromatic N) is 6. The molecule has 0 saturated carbocycles. The normalized spacial score (nSPS) is 14.4. The Morgan fingerprint density at radius 2 is 1.77 bits per heavy atom. The molecular formula is C22H23N7OS. The van der Waals surface area contributed by atoms with E-state index in [1.165, 1.54) is 4.88 Å². The number of rotatable bonds is 3. The second kappa shape index (κ2) is 7.73. The topological polar surface area (TPSA) is 90.9 Å². The fourth-order valence-electron chi connectivity index (χ4n) is 3.86. The Morgan fingerprint density at radius 1 is 1.00 bits per heavy atom. The lowest BCUT2D eigenvalue weighted by atomic mass is 10.2. The summed E-state index contributed by atoms with van der Waals surface area (Å²) in [6, 6.07) is 6.13. The van der Waals surface area contributed by atoms with Crippen LogP contribution in [-0.4, -0.2) is 51.1 Å². The number of aryl methyl sites for hydroxylation is 2. The molecule has 4 aromatic rings. The molecule has 9 heteroatoms. The quantitative estimate of drug-likeness (QED) is 0.531. The van der Waals surface area contributed by atoms with E-state index >= 15 is 0 Å². The molecule has 1 fully saturated rings. The van der Waals surface area contributed by atoms with Crippen LogP contribution in [0.25, 0.3) is 21.6 Å². The highest BCUT2D eigenvalue weighted by molar-refractivity contribution is 7.18. The number of fused-ring (bicyclic) bond motifs is 1. The third kappa shape index (κ3) is 3.65. The number of anilines is 2. The molecule has 0 aromatic carbocycles. The number of aromatic nitrogens is 5. The van der Waals surface area contributed by atoms with E-state index < -0.39 is 0 Å². The first-order chi connectivity index (χ1) is 15.0. The maximum absolute atomic E-state index is 12.0. The predicted octanol–water partition coefficient (Wildman–Crippen LogP) is 3.09. The molecular weight excluding hydrogens is 410 g/mol. The predicted molar refractivity (Wildman–Crippen MR) is 124 cm³/mol. The molecule has 0 aliphatic carbocycles. The SMILES string of the molecule is Cc1cc2c(N3CCN(c4ccc(-c5nc(C)c(C)c(=O)[nH]5)cn4)CC3)ncnc2s1. The van der Waals surface area contributed by atoms with E-state index in [4.69, 9.17) is 0 Å². The van der Waals surface area contributed by atoms with Crippen LogP contribution in [0.1, 0.15) is 16.1 Å². The van der Waals surface area contributed by atoms with Gasteiger partial charge in [0.2, 0.25) is 0 Å². The number of thiophene rings is 1. The smallest absolute Gasteiger partial charge is 0.254 e. The van der Waals surface area contributed by atoms with E-state index in [2.05, 4.69) is 47.7 Å². The van der Waals surface area contributed by atoms with Gasteiger partial charge in [-0.15, -0.1) is 11.3 Å². The fraction of sp³-hybridized carbons (Fsp3) is 0.318. The molecule has 0 spiro atoms. The highest BCUT2D eigenvalue weighted by atomic mass is 32.1. The van der Waals surface area contributed by atoms with Crippen LogP contribution in [0, 0.1) is 20.8 Å². The molecule has 1 saturated heterocycles. The molecule has 1 aliphatic heterocycles. The van der Waals surface area contributed by atoms with E-state index in [1.807, 2.05) is 19.1 Å². The van der Waals surface area contributed by atoms with E-state index in [0.29, 0.717) is 11.4 Å². The lowest BCUT2D eigenvalue weighted by Gasteiger charge is -2.36. The lowest BCUT2D eigenvalue weighted by molar-refractivity contribution is 0.643. The molecule has 8 nitrogen and oxygen atoms in total. The Morgan fingerprint density at radius 3 is 2.48 bits per heavy atom. The lowest BCUT2D eigenvalue weighted by Crippen LogP contribution is -2.47. The number of pyridine rings is 1. The van der Waals surface area contributed by atoms with E-state index in [-0.39, 0.29) is 5.56 Å². The first-order valence-corrected chi connectivity index (χ1v) is 11.1. The van der Waals surface area contributed by atoms with Crippen molar-refractivity contribution < 1.29 is 0 Å². The molecule has 4 aromatic heterocycles. The third-order valence-electron chi connectivity index (χ3n) is 5.75. The van der Waals surface area contributed by atoms with Crippen molar-refractivity contribution in [3.8, 4) is 11.4 Å². The zero-order valence-electron chi connectivity index (χ0n) is 17.7. The van der Waals surface area contributed by atoms with E-state index in [9.17, 15) is 4.79 Å². The summed E-state index contributed by atoms with van der Waals surface area (Å²) in [6.45, 7) is 9.19. The van der Waals surface area contributed by atoms with Gasteiger partial charge in [0.1, 0.15) is 28.6 Å². The summed E-state index contributed by atoms with van der Waals surface area (Å²) >= 11 is 1.70. The summed E-state index contributed by atoms with van der Waals surface area (Å²) < 4.78 is 0. The number of aromatic amines is 1. The number of piperazine rings is 1. The molecule has 0 bridgehead atoms. The highest BCUT2D eigenvalue weighted by Crippen LogP contribution is 2.30. The summed E-state index contributed by atoms with van der Waals surface area (Å²) in [5, 5.41) is 1.14. The van der Waals surface area contributed by atoms with Crippen molar-refractivity contribution >= 4 is 33.2 Å². The zero-order valence-corrected chi connectivity index (χ0v) is 18.5. The van der Waals surface area contributed by atoms with Gasteiger partial charge >= 0.3 is 0 Å². The number of hydrogen-bond acceptors (Lipinski definition) is 8. The third-order valence-corrected chi connectivity index (χ3v) is 6.71. The highest BCUT2D eigenvalue weighted by Gasteiger charge is 2.21. The van der Waals surface area contributed by atoms with E-state index in [0.717, 1.165) is 59.3 Å². The van der Waals surface area contributed by atoms with Crippen LogP contribution in [0.5, 0.6) is 0 Å². The van der Waals surface area contributed by atoms with Crippen molar-refractivity contribution in [2.45, 2.75) is 20.8 Å². The minimum Gasteiger partial charge on any atom is -0.353 e. The number of hydrogen-bond donors (Lipinski definition) is 1. The number of nitrogens with one attached hydrogen (secondary N) is 1. The second-order valence-electron chi connectivity index (χ2n) is 7.78. The average molecular weight is 434 g/mol. The molecule has 31 heavy (non-hydrogen) atoms. The molecule has 0 radical (unpaired) electrons. The van der Waals surface area contributed by atoms with Gasteiger partial charge in [-0.3, -0.25) is 4.79 Å². The van der Waals surface area contributed by atoms with Gasteiger partial charge in [0, 0.05) is 54.1 Å². The van der Waals surface area contributed by atoms with Gasteiger partial charge in [0.05, 0.1) is 5.39 Å². The van der Waals surface area contributed by atoms with Gasteiger partial charge in [-0.2, -0.15) is 0 Å². The summed E-state index contributed by atoms with van der Waals surface area (Å²) in [4.78, 5) is 39.8. The molecule has 158 valence electrons. The van der Waals surface area contributed by atoms with Crippen LogP contribution < -0.4 is 15.4 Å². The van der Waals surface area contributed by atoms with Crippen molar-refractivity contribution in [3.05, 3.63) is 57.2 Å². The molecule has 0 amide bonds. The molecule has 5 heterocycles. The Balaban J connectivity index is 1.31. The van der Waals surface area contributed by atoms with Crippen LogP contribution >= 0.6 is 11.3 Å². The summed E-state index contributed by atoms with van der Waals surface area (Å²) in [6.07, 6.45) is 3.43. The van der Waals surface area contributed by atoms with E-state index in [1.54, 1.807) is 30.8 Å². The van der Waals surface area contributed by atoms with Crippen molar-refractivity contribution in [2.24, 2.45) is 0 Å². The Bertz CT molecular complexity index is 1300. The van der Waals surface area contributed by atoms with Gasteiger partial charge in [0.15, 0.2) is 0 Å². The largest absolute Gasteiger partial charge is 0.353 e. The van der Waals surface area contributed by atoms with Gasteiger partial charge in [-0.1, -0.05) is 0 Å². The van der Waals surface area contributed by atoms with Crippen molar-refractivity contribution in [1.29, 1.82) is 0 Å². The van der Waals surface area contributed by atoms with Crippen LogP contribution in [0.2, 0.25) is 0 Å². The second-order valence-corrected chi connectivity index (χ2v) is 9.01. The van der Waals surface area contributed by atoms with Crippen LogP contribution in [-0.2, 0) is 0 Å². The zero-order chi connectivity index (χ0) is 21.5. The molecule has 0 unspecified atom stereocenters. The van der Waals surface area contributed by atoms with Gasteiger partial charge in [-0.25, -0.2) is 19.9 Å². The maximum Gasteiger partial charge on any atom is 0.254 e. The summed E-state index contributed by atoms with van der Waals surface area (Å²) in [7, 11) is 0. The molecule has 0 atom stereocenters. The molecule has 5 rings (SSSR count). The van der Waals surface area contributed by atoms with Gasteiger partial charge in [-0.05, 0) is 39.0 Å². The first-order valence-electron chi connectivity index (χ1n) is 10.2. The van der Waals surface area contributed by atoms with Crippen molar-refractivity contribution in [1.82, 2.24) is 24.9 Å². The minimum absolute atomic E-state index is 0.109. The average Bonchev–Trinajstić information content (AvgIpc) is 3.17. The monoisotopic (exact) mass is 433 g/mol. The Labute approximate surface area is 183 Å². The van der Waals surface area contributed by atoms with Crippen LogP contribution in [0.4, 0.5) is 11.6 Å². The first kappa shape index (κ1) is 19.6. The standard InChI is InChI=1S/C22H23N7OS/c1-13-10-17-20(24-12-25-22(17)31-13)29-8-6-28(7-9-29)18-5-4-16(11-23-18)19-26-15(3)14(2)21(30)27-19/h4-5,10-12H,6-9H2,1-3H3,(H,26,27,30). The minimum atomic E-state index is -0.109. The molecule has 1 N–H and O–H groups in total. The van der Waals surface area contributed by atoms with Gasteiger partial charge < -0.3 is 14.8 Å². The molecule has 1 aliphatic rings. The summed E-state index contributed by atoms with van der Waals surface area (Å²) in [5.74, 6) is 2.49. The number of H-pyrrole nitrogens is 1. The van der Waals surface area contributed by atoms with Gasteiger partial charge in [0.25, 0.3) is 5.56 Å². The van der Waals surface area contributed by atoms with Crippen molar-refractivity contribution in [3.63, 3.8) is 0 Å². The van der Waals surface area contributed by atoms with Crippen LogP contribution in [0.3, 0.4) is 0 Å². The fourth-order valence-corrected chi connectivity index (χ4v) is 4.70. The summed E-state index contributed by atoms with van der Waals surface area (Å²) in [5.41, 5.74) is 2.07. The maximum atomic E-state index is 12.0. The Kier molecular flexibility index (Phi) is 4.90. The van der Waals surface area contributed by atoms with Crippen molar-refractivity contribution in [2.75, 3.05) is 36.0 Å². The Hall–Kier alpha value is -3.33. The van der Waals surface area contributed by atoms with Crippen LogP contribution in [0.15, 0.2) is 35.5 Å².